The standard InChI is InChI=1S/C24H23F4N3O/c25-15-3-1-13(2-4-15)22-21(18-7-16(26)8-19(28)23(18)31-22)14-5-12(6-14)10-30-24(32)20-9-17(27)11-29-20/h1-4,7-8,12,14,17,20,29,31H,5-6,9-11H2,(H,30,32)/t12?,14?,17-,20?/m1/s1. The molecule has 1 saturated heterocycles. The van der Waals surface area contributed by atoms with Crippen LogP contribution in [0.3, 0.4) is 0 Å². The van der Waals surface area contributed by atoms with Gasteiger partial charge in [0.2, 0.25) is 5.91 Å². The number of carbonyl (C=O) groups excluding carboxylic acids is 1. The van der Waals surface area contributed by atoms with E-state index in [0.29, 0.717) is 23.2 Å². The number of hydrogen-bond donors (Lipinski definition) is 3. The normalized spacial score (nSPS) is 25.1. The molecule has 0 radical (unpaired) electrons. The Kier molecular flexibility index (Phi) is 5.41. The summed E-state index contributed by atoms with van der Waals surface area (Å²) in [6.07, 6.45) is 0.672. The first-order chi connectivity index (χ1) is 15.4. The smallest absolute Gasteiger partial charge is 0.237 e. The number of aromatic nitrogens is 1. The summed E-state index contributed by atoms with van der Waals surface area (Å²) in [7, 11) is 0. The molecular formula is C24H23F4N3O. The van der Waals surface area contributed by atoms with Crippen LogP contribution in [0.4, 0.5) is 17.6 Å². The molecule has 2 atom stereocenters. The number of halogens is 4. The van der Waals surface area contributed by atoms with E-state index in [4.69, 9.17) is 0 Å². The van der Waals surface area contributed by atoms with Gasteiger partial charge >= 0.3 is 0 Å². The van der Waals surface area contributed by atoms with E-state index < -0.39 is 23.8 Å². The second-order valence-corrected chi connectivity index (χ2v) is 8.80. The Hall–Kier alpha value is -2.87. The third-order valence-electron chi connectivity index (χ3n) is 6.60. The van der Waals surface area contributed by atoms with Crippen LogP contribution < -0.4 is 10.6 Å². The van der Waals surface area contributed by atoms with Crippen molar-refractivity contribution >= 4 is 16.8 Å². The SMILES string of the molecule is O=C(NCC1CC(c2c(-c3ccc(F)cc3)[nH]c3c(F)cc(F)cc23)C1)C1C[C@@H](F)CN1. The number of alkyl halides is 1. The van der Waals surface area contributed by atoms with Gasteiger partial charge in [0.25, 0.3) is 0 Å². The Labute approximate surface area is 182 Å². The van der Waals surface area contributed by atoms with Crippen LogP contribution in [0, 0.1) is 23.4 Å². The van der Waals surface area contributed by atoms with Crippen molar-refractivity contribution in [3.63, 3.8) is 0 Å². The molecule has 8 heteroatoms. The van der Waals surface area contributed by atoms with Gasteiger partial charge in [0.1, 0.15) is 23.6 Å². The topological polar surface area (TPSA) is 56.9 Å². The number of aromatic amines is 1. The van der Waals surface area contributed by atoms with Crippen LogP contribution in [0.1, 0.15) is 30.7 Å². The Morgan fingerprint density at radius 1 is 1.03 bits per heavy atom. The lowest BCUT2D eigenvalue weighted by atomic mass is 9.70. The number of nitrogens with one attached hydrogen (secondary N) is 3. The molecule has 1 unspecified atom stereocenters. The van der Waals surface area contributed by atoms with Crippen LogP contribution >= 0.6 is 0 Å². The van der Waals surface area contributed by atoms with Crippen LogP contribution in [-0.4, -0.2) is 36.2 Å². The lowest BCUT2D eigenvalue weighted by molar-refractivity contribution is -0.123. The van der Waals surface area contributed by atoms with Gasteiger partial charge in [-0.2, -0.15) is 0 Å². The maximum atomic E-state index is 14.5. The Balaban J connectivity index is 1.35. The first-order valence-electron chi connectivity index (χ1n) is 10.8. The van der Waals surface area contributed by atoms with Crippen molar-refractivity contribution in [3.05, 3.63) is 59.4 Å². The molecule has 4 nitrogen and oxygen atoms in total. The summed E-state index contributed by atoms with van der Waals surface area (Å²) in [5, 5.41) is 6.24. The molecule has 0 bridgehead atoms. The highest BCUT2D eigenvalue weighted by atomic mass is 19.1. The third-order valence-corrected chi connectivity index (χ3v) is 6.60. The number of H-pyrrole nitrogens is 1. The van der Waals surface area contributed by atoms with Gasteiger partial charge < -0.3 is 15.6 Å². The molecule has 2 heterocycles. The lowest BCUT2D eigenvalue weighted by Gasteiger charge is -2.36. The summed E-state index contributed by atoms with van der Waals surface area (Å²) in [5.41, 5.74) is 2.39. The highest BCUT2D eigenvalue weighted by Crippen LogP contribution is 2.48. The van der Waals surface area contributed by atoms with Crippen molar-refractivity contribution in [2.24, 2.45) is 5.92 Å². The zero-order valence-electron chi connectivity index (χ0n) is 17.2. The number of carbonyl (C=O) groups is 1. The minimum absolute atomic E-state index is 0.0479. The number of benzene rings is 2. The predicted molar refractivity (Wildman–Crippen MR) is 113 cm³/mol. The van der Waals surface area contributed by atoms with Crippen LogP contribution in [0.15, 0.2) is 36.4 Å². The number of rotatable bonds is 5. The molecule has 168 valence electrons. The van der Waals surface area contributed by atoms with E-state index in [1.54, 1.807) is 12.1 Å². The molecule has 1 amide bonds. The highest BCUT2D eigenvalue weighted by Gasteiger charge is 2.36. The minimum Gasteiger partial charge on any atom is -0.354 e. The molecule has 1 aliphatic carbocycles. The molecule has 1 saturated carbocycles. The predicted octanol–water partition coefficient (Wildman–Crippen LogP) is 4.56. The van der Waals surface area contributed by atoms with Gasteiger partial charge in [-0.25, -0.2) is 17.6 Å². The molecule has 5 rings (SSSR count). The average molecular weight is 445 g/mol. The second-order valence-electron chi connectivity index (χ2n) is 8.80. The van der Waals surface area contributed by atoms with Crippen molar-refractivity contribution < 1.29 is 22.4 Å². The third kappa shape index (κ3) is 3.88. The van der Waals surface area contributed by atoms with E-state index in [1.807, 2.05) is 0 Å². The molecule has 32 heavy (non-hydrogen) atoms. The van der Waals surface area contributed by atoms with E-state index in [9.17, 15) is 22.4 Å². The minimum atomic E-state index is -0.994. The summed E-state index contributed by atoms with van der Waals surface area (Å²) in [6.45, 7) is 0.671. The van der Waals surface area contributed by atoms with Crippen molar-refractivity contribution in [1.82, 2.24) is 15.6 Å². The van der Waals surface area contributed by atoms with E-state index >= 15 is 0 Å². The average Bonchev–Trinajstić information content (AvgIpc) is 3.32. The van der Waals surface area contributed by atoms with Crippen molar-refractivity contribution in [3.8, 4) is 11.3 Å². The largest absolute Gasteiger partial charge is 0.354 e. The van der Waals surface area contributed by atoms with Gasteiger partial charge in [-0.1, -0.05) is 0 Å². The zero-order valence-corrected chi connectivity index (χ0v) is 17.2. The monoisotopic (exact) mass is 445 g/mol. The fourth-order valence-electron chi connectivity index (χ4n) is 4.91. The van der Waals surface area contributed by atoms with Crippen LogP contribution in [0.25, 0.3) is 22.2 Å². The fourth-order valence-corrected chi connectivity index (χ4v) is 4.91. The van der Waals surface area contributed by atoms with Gasteiger partial charge in [0, 0.05) is 31.0 Å². The maximum Gasteiger partial charge on any atom is 0.237 e. The summed E-state index contributed by atoms with van der Waals surface area (Å²) < 4.78 is 55.2. The van der Waals surface area contributed by atoms with Crippen LogP contribution in [0.5, 0.6) is 0 Å². The van der Waals surface area contributed by atoms with Crippen molar-refractivity contribution in [1.29, 1.82) is 0 Å². The first-order valence-corrected chi connectivity index (χ1v) is 10.8. The fraction of sp³-hybridized carbons (Fsp3) is 0.375. The molecule has 1 aliphatic heterocycles. The lowest BCUT2D eigenvalue weighted by Crippen LogP contribution is -2.43. The molecule has 2 aliphatic rings. The second kappa shape index (κ2) is 8.24. The molecule has 1 aromatic heterocycles. The highest BCUT2D eigenvalue weighted by molar-refractivity contribution is 5.92. The first kappa shape index (κ1) is 21.0. The molecular weight excluding hydrogens is 422 g/mol. The Morgan fingerprint density at radius 3 is 2.47 bits per heavy atom. The maximum absolute atomic E-state index is 14.5. The van der Waals surface area contributed by atoms with Gasteiger partial charge in [-0.15, -0.1) is 0 Å². The zero-order chi connectivity index (χ0) is 22.4. The van der Waals surface area contributed by atoms with E-state index in [1.165, 1.54) is 18.2 Å². The summed E-state index contributed by atoms with van der Waals surface area (Å²) in [4.78, 5) is 15.3. The van der Waals surface area contributed by atoms with Gasteiger partial charge in [0.15, 0.2) is 0 Å². The number of fused-ring (bicyclic) bond motifs is 1. The molecule has 3 N–H and O–H groups in total. The molecule has 2 fully saturated rings. The van der Waals surface area contributed by atoms with Crippen molar-refractivity contribution in [2.75, 3.05) is 13.1 Å². The van der Waals surface area contributed by atoms with Gasteiger partial charge in [0.05, 0.1) is 17.3 Å². The Morgan fingerprint density at radius 2 is 1.78 bits per heavy atom. The van der Waals surface area contributed by atoms with Gasteiger partial charge in [-0.05, 0) is 66.1 Å². The number of amides is 1. The van der Waals surface area contributed by atoms with Crippen LogP contribution in [0.2, 0.25) is 0 Å². The summed E-state index contributed by atoms with van der Waals surface area (Å²) in [5.74, 6) is -1.63. The quantitative estimate of drug-likeness (QED) is 0.505. The Bertz CT molecular complexity index is 1150. The van der Waals surface area contributed by atoms with Crippen LogP contribution in [-0.2, 0) is 4.79 Å². The van der Waals surface area contributed by atoms with E-state index in [2.05, 4.69) is 15.6 Å². The molecule has 0 spiro atoms. The van der Waals surface area contributed by atoms with E-state index in [0.717, 1.165) is 24.5 Å². The molecule has 2 aromatic carbocycles. The van der Waals surface area contributed by atoms with E-state index in [-0.39, 0.29) is 42.0 Å². The summed E-state index contributed by atoms with van der Waals surface area (Å²) >= 11 is 0. The van der Waals surface area contributed by atoms with Crippen molar-refractivity contribution in [2.45, 2.75) is 37.4 Å². The van der Waals surface area contributed by atoms with Gasteiger partial charge in [-0.3, -0.25) is 4.79 Å². The number of hydrogen-bond acceptors (Lipinski definition) is 2. The molecule has 3 aromatic rings. The summed E-state index contributed by atoms with van der Waals surface area (Å²) in [6, 6.07) is 7.56.